The molecule has 1 N–H and O–H groups in total. The lowest BCUT2D eigenvalue weighted by Gasteiger charge is -2.36. The van der Waals surface area contributed by atoms with Gasteiger partial charge in [0, 0.05) is 32.6 Å². The Morgan fingerprint density at radius 2 is 1.94 bits per heavy atom. The molecule has 1 aliphatic rings. The molecule has 1 saturated heterocycles. The minimum absolute atomic E-state index is 0.132. The number of carboxylic acids is 1. The summed E-state index contributed by atoms with van der Waals surface area (Å²) < 4.78 is 0. The van der Waals surface area contributed by atoms with Crippen molar-refractivity contribution in [1.29, 1.82) is 0 Å². The van der Waals surface area contributed by atoms with E-state index in [9.17, 15) is 9.59 Å². The van der Waals surface area contributed by atoms with E-state index in [1.54, 1.807) is 17.9 Å². The Bertz CT molecular complexity index is 296. The van der Waals surface area contributed by atoms with Crippen LogP contribution in [0.15, 0.2) is 12.7 Å². The Morgan fingerprint density at radius 1 is 1.35 bits per heavy atom. The van der Waals surface area contributed by atoms with E-state index in [1.165, 1.54) is 0 Å². The maximum absolute atomic E-state index is 11.7. The van der Waals surface area contributed by atoms with E-state index >= 15 is 0 Å². The van der Waals surface area contributed by atoms with Crippen molar-refractivity contribution in [3.8, 4) is 0 Å². The molecule has 96 valence electrons. The van der Waals surface area contributed by atoms with Gasteiger partial charge < -0.3 is 10.0 Å². The van der Waals surface area contributed by atoms with Gasteiger partial charge in [0.2, 0.25) is 5.91 Å². The number of hydrogen-bond donors (Lipinski definition) is 1. The molecule has 0 bridgehead atoms. The summed E-state index contributed by atoms with van der Waals surface area (Å²) in [7, 11) is 0. The maximum atomic E-state index is 11.7. The molecular weight excluding hydrogens is 220 g/mol. The predicted molar refractivity (Wildman–Crippen MR) is 64.7 cm³/mol. The first-order chi connectivity index (χ1) is 8.06. The number of carbonyl (C=O) groups is 2. The summed E-state index contributed by atoms with van der Waals surface area (Å²) >= 11 is 0. The molecule has 5 heteroatoms. The molecule has 1 rings (SSSR count). The molecule has 1 atom stereocenters. The third kappa shape index (κ3) is 3.85. The second-order valence-corrected chi connectivity index (χ2v) is 4.26. The molecule has 1 fully saturated rings. The van der Waals surface area contributed by atoms with Crippen molar-refractivity contribution >= 4 is 11.9 Å². The summed E-state index contributed by atoms with van der Waals surface area (Å²) in [6, 6.07) is -0.472. The monoisotopic (exact) mass is 240 g/mol. The predicted octanol–water partition coefficient (Wildman–Crippen LogP) is 0.570. The number of piperazine rings is 1. The van der Waals surface area contributed by atoms with Crippen LogP contribution in [0.5, 0.6) is 0 Å². The van der Waals surface area contributed by atoms with Gasteiger partial charge in [-0.2, -0.15) is 0 Å². The molecule has 5 nitrogen and oxygen atoms in total. The van der Waals surface area contributed by atoms with Crippen LogP contribution in [0.2, 0.25) is 0 Å². The largest absolute Gasteiger partial charge is 0.480 e. The van der Waals surface area contributed by atoms with Crippen molar-refractivity contribution in [2.24, 2.45) is 0 Å². The molecule has 0 aliphatic carbocycles. The van der Waals surface area contributed by atoms with Gasteiger partial charge >= 0.3 is 5.97 Å². The molecule has 1 amide bonds. The standard InChI is InChI=1S/C12H20N2O3/c1-3-4-5-11(15)14-8-6-13(7-9-14)10(2)12(16)17/h3,10H,1,4-9H2,2H3,(H,16,17). The number of allylic oxidation sites excluding steroid dienone is 1. The van der Waals surface area contributed by atoms with Crippen LogP contribution in [0.3, 0.4) is 0 Å². The van der Waals surface area contributed by atoms with Crippen LogP contribution >= 0.6 is 0 Å². The van der Waals surface area contributed by atoms with Crippen molar-refractivity contribution in [3.63, 3.8) is 0 Å². The quantitative estimate of drug-likeness (QED) is 0.714. The highest BCUT2D eigenvalue weighted by Crippen LogP contribution is 2.08. The number of carboxylic acid groups (broad SMARTS) is 1. The molecule has 0 saturated carbocycles. The van der Waals surface area contributed by atoms with Gasteiger partial charge in [-0.05, 0) is 13.3 Å². The zero-order chi connectivity index (χ0) is 12.8. The Balaban J connectivity index is 2.37. The summed E-state index contributed by atoms with van der Waals surface area (Å²) in [5.74, 6) is -0.677. The minimum atomic E-state index is -0.809. The summed E-state index contributed by atoms with van der Waals surface area (Å²) in [5, 5.41) is 8.89. The fourth-order valence-electron chi connectivity index (χ4n) is 1.90. The normalized spacial score (nSPS) is 18.8. The molecule has 0 radical (unpaired) electrons. The van der Waals surface area contributed by atoms with Crippen LogP contribution in [-0.4, -0.2) is 59.0 Å². The van der Waals surface area contributed by atoms with Crippen molar-refractivity contribution in [3.05, 3.63) is 12.7 Å². The minimum Gasteiger partial charge on any atom is -0.480 e. The van der Waals surface area contributed by atoms with Gasteiger partial charge in [0.05, 0.1) is 0 Å². The van der Waals surface area contributed by atoms with Crippen LogP contribution in [0, 0.1) is 0 Å². The molecule has 17 heavy (non-hydrogen) atoms. The molecule has 0 aromatic carbocycles. The van der Waals surface area contributed by atoms with Crippen molar-refractivity contribution in [2.75, 3.05) is 26.2 Å². The van der Waals surface area contributed by atoms with Crippen LogP contribution in [-0.2, 0) is 9.59 Å². The third-order valence-corrected chi connectivity index (χ3v) is 3.13. The smallest absolute Gasteiger partial charge is 0.320 e. The number of hydrogen-bond acceptors (Lipinski definition) is 3. The van der Waals surface area contributed by atoms with E-state index < -0.39 is 12.0 Å². The zero-order valence-corrected chi connectivity index (χ0v) is 10.3. The third-order valence-electron chi connectivity index (χ3n) is 3.13. The Hall–Kier alpha value is -1.36. The second-order valence-electron chi connectivity index (χ2n) is 4.26. The van der Waals surface area contributed by atoms with Gasteiger partial charge in [0.25, 0.3) is 0 Å². The Morgan fingerprint density at radius 3 is 2.41 bits per heavy atom. The zero-order valence-electron chi connectivity index (χ0n) is 10.3. The van der Waals surface area contributed by atoms with Crippen LogP contribution < -0.4 is 0 Å². The van der Waals surface area contributed by atoms with Crippen molar-refractivity contribution < 1.29 is 14.7 Å². The van der Waals surface area contributed by atoms with E-state index in [2.05, 4.69) is 6.58 Å². The Kier molecular flexibility index (Phi) is 5.15. The first-order valence-corrected chi connectivity index (χ1v) is 5.91. The number of nitrogens with zero attached hydrogens (tertiary/aromatic N) is 2. The van der Waals surface area contributed by atoms with Gasteiger partial charge in [0.15, 0.2) is 0 Å². The van der Waals surface area contributed by atoms with Crippen LogP contribution in [0.25, 0.3) is 0 Å². The molecule has 0 spiro atoms. The van der Waals surface area contributed by atoms with Crippen LogP contribution in [0.4, 0.5) is 0 Å². The van der Waals surface area contributed by atoms with Gasteiger partial charge in [0.1, 0.15) is 6.04 Å². The highest BCUT2D eigenvalue weighted by atomic mass is 16.4. The van der Waals surface area contributed by atoms with E-state index in [1.807, 2.05) is 4.90 Å². The number of aliphatic carboxylic acids is 1. The number of carbonyl (C=O) groups excluding carboxylic acids is 1. The average molecular weight is 240 g/mol. The topological polar surface area (TPSA) is 60.9 Å². The first-order valence-electron chi connectivity index (χ1n) is 5.91. The maximum Gasteiger partial charge on any atom is 0.320 e. The first kappa shape index (κ1) is 13.7. The summed E-state index contributed by atoms with van der Waals surface area (Å²) in [6.07, 6.45) is 2.93. The SMILES string of the molecule is C=CCCC(=O)N1CCN(C(C)C(=O)O)CC1. The van der Waals surface area contributed by atoms with Gasteiger partial charge in [-0.15, -0.1) is 6.58 Å². The van der Waals surface area contributed by atoms with Crippen molar-refractivity contribution in [1.82, 2.24) is 9.80 Å². The van der Waals surface area contributed by atoms with E-state index in [4.69, 9.17) is 5.11 Å². The summed E-state index contributed by atoms with van der Waals surface area (Å²) in [5.41, 5.74) is 0. The molecular formula is C12H20N2O3. The summed E-state index contributed by atoms with van der Waals surface area (Å²) in [4.78, 5) is 26.2. The fourth-order valence-corrected chi connectivity index (χ4v) is 1.90. The van der Waals surface area contributed by atoms with E-state index in [-0.39, 0.29) is 5.91 Å². The van der Waals surface area contributed by atoms with Crippen LogP contribution in [0.1, 0.15) is 19.8 Å². The van der Waals surface area contributed by atoms with Gasteiger partial charge in [-0.25, -0.2) is 0 Å². The number of amides is 1. The lowest BCUT2D eigenvalue weighted by Crippen LogP contribution is -2.53. The molecule has 1 unspecified atom stereocenters. The van der Waals surface area contributed by atoms with Gasteiger partial charge in [-0.1, -0.05) is 6.08 Å². The summed E-state index contributed by atoms with van der Waals surface area (Å²) in [6.45, 7) is 7.77. The average Bonchev–Trinajstić information content (AvgIpc) is 2.35. The van der Waals surface area contributed by atoms with Crippen molar-refractivity contribution in [2.45, 2.75) is 25.8 Å². The van der Waals surface area contributed by atoms with Gasteiger partial charge in [-0.3, -0.25) is 14.5 Å². The lowest BCUT2D eigenvalue weighted by atomic mass is 10.2. The Labute approximate surface area is 102 Å². The molecule has 0 aromatic heterocycles. The highest BCUT2D eigenvalue weighted by molar-refractivity contribution is 5.76. The molecule has 1 heterocycles. The van der Waals surface area contributed by atoms with E-state index in [0.29, 0.717) is 39.0 Å². The lowest BCUT2D eigenvalue weighted by molar-refractivity contribution is -0.144. The second kappa shape index (κ2) is 6.39. The van der Waals surface area contributed by atoms with E-state index in [0.717, 1.165) is 0 Å². The molecule has 0 aromatic rings. The number of rotatable bonds is 5. The molecule has 1 aliphatic heterocycles. The fraction of sp³-hybridized carbons (Fsp3) is 0.667. The highest BCUT2D eigenvalue weighted by Gasteiger charge is 2.26.